The van der Waals surface area contributed by atoms with Gasteiger partial charge in [-0.2, -0.15) is 0 Å². The lowest BCUT2D eigenvalue weighted by Crippen LogP contribution is -2.59. The molecular formula is C74H78BNOS. The van der Waals surface area contributed by atoms with E-state index < -0.39 is 0 Å². The number of anilines is 3. The molecule has 78 heavy (non-hydrogen) atoms. The molecule has 1 saturated carbocycles. The molecular weight excluding hydrogens is 962 g/mol. The molecule has 7 aromatic carbocycles. The molecule has 13 rings (SSSR count). The van der Waals surface area contributed by atoms with Crippen LogP contribution in [0.25, 0.3) is 28.2 Å². The van der Waals surface area contributed by atoms with E-state index in [4.69, 9.17) is 11.0 Å². The Morgan fingerprint density at radius 2 is 1.26 bits per heavy atom. The highest BCUT2D eigenvalue weighted by molar-refractivity contribution is 8.01. The monoisotopic (exact) mass is 1040 g/mol. The van der Waals surface area contributed by atoms with E-state index in [9.17, 15) is 0 Å². The molecule has 0 spiro atoms. The molecule has 4 heteroatoms. The van der Waals surface area contributed by atoms with Crippen LogP contribution in [-0.4, -0.2) is 11.5 Å². The summed E-state index contributed by atoms with van der Waals surface area (Å²) >= 11 is 2.19. The van der Waals surface area contributed by atoms with Crippen LogP contribution in [0.5, 0.6) is 0 Å². The lowest BCUT2D eigenvalue weighted by Gasteiger charge is -2.45. The second-order valence-electron chi connectivity index (χ2n) is 27.9. The van der Waals surface area contributed by atoms with E-state index in [1.54, 1.807) is 0 Å². The summed E-state index contributed by atoms with van der Waals surface area (Å²) in [6.45, 7) is 33.8. The van der Waals surface area contributed by atoms with Gasteiger partial charge in [0.05, 0.1) is 5.66 Å². The summed E-state index contributed by atoms with van der Waals surface area (Å²) < 4.78 is 8.00. The Labute approximate surface area is 470 Å². The third-order valence-corrected chi connectivity index (χ3v) is 21.7. The van der Waals surface area contributed by atoms with Gasteiger partial charge in [0.25, 0.3) is 6.71 Å². The van der Waals surface area contributed by atoms with Gasteiger partial charge in [-0.25, -0.2) is 0 Å². The minimum absolute atomic E-state index is 0.00908. The predicted molar refractivity (Wildman–Crippen MR) is 337 cm³/mol. The summed E-state index contributed by atoms with van der Waals surface area (Å²) in [5, 5.41) is 1.23. The zero-order chi connectivity index (χ0) is 54.5. The van der Waals surface area contributed by atoms with Crippen molar-refractivity contribution in [2.45, 2.75) is 171 Å². The molecule has 0 saturated heterocycles. The fourth-order valence-electron chi connectivity index (χ4n) is 14.7. The minimum Gasteiger partial charge on any atom is -0.470 e. The van der Waals surface area contributed by atoms with Crippen molar-refractivity contribution in [2.75, 3.05) is 4.90 Å². The van der Waals surface area contributed by atoms with Gasteiger partial charge in [0, 0.05) is 49.0 Å². The Balaban J connectivity index is 1.18. The maximum atomic E-state index is 7.93. The van der Waals surface area contributed by atoms with Crippen LogP contribution in [0.2, 0.25) is 0 Å². The van der Waals surface area contributed by atoms with Crippen LogP contribution in [0.15, 0.2) is 161 Å². The summed E-state index contributed by atoms with van der Waals surface area (Å²) in [5.74, 6) is -0.0139. The Hall–Kier alpha value is -6.23. The molecule has 0 radical (unpaired) electrons. The van der Waals surface area contributed by atoms with Crippen molar-refractivity contribution < 1.29 is 4.42 Å². The Bertz CT molecular complexity index is 3750. The normalized spacial score (nSPS) is 21.1. The number of hydrogen-bond acceptors (Lipinski definition) is 3. The second kappa shape index (κ2) is 17.9. The summed E-state index contributed by atoms with van der Waals surface area (Å²) in [4.78, 5) is 4.12. The first kappa shape index (κ1) is 51.2. The van der Waals surface area contributed by atoms with Gasteiger partial charge in [-0.3, -0.25) is 0 Å². The molecule has 1 aromatic heterocycles. The summed E-state index contributed by atoms with van der Waals surface area (Å²) in [6, 6.07) is 56.3. The quantitative estimate of drug-likeness (QED) is 0.148. The smallest absolute Gasteiger partial charge is 0.294 e. The Morgan fingerprint density at radius 3 is 1.91 bits per heavy atom. The van der Waals surface area contributed by atoms with Gasteiger partial charge in [-0.15, -0.1) is 11.8 Å². The molecule has 3 aliphatic heterocycles. The van der Waals surface area contributed by atoms with Crippen LogP contribution in [0.4, 0.5) is 17.1 Å². The first-order chi connectivity index (χ1) is 37.0. The fourth-order valence-corrected chi connectivity index (χ4v) is 16.6. The third-order valence-electron chi connectivity index (χ3n) is 19.9. The average molecular weight is 1040 g/mol. The van der Waals surface area contributed by atoms with Gasteiger partial charge in [0.2, 0.25) is 0 Å². The maximum Gasteiger partial charge on any atom is 0.294 e. The predicted octanol–water partition coefficient (Wildman–Crippen LogP) is 18.3. The molecule has 0 amide bonds. The fraction of sp³-hybridized carbons (Fsp3) is 0.351. The van der Waals surface area contributed by atoms with E-state index in [1.807, 2.05) is 0 Å². The highest BCUT2D eigenvalue weighted by Gasteiger charge is 2.57. The molecule has 394 valence electrons. The van der Waals surface area contributed by atoms with Crippen molar-refractivity contribution in [2.24, 2.45) is 0 Å². The first-order valence-electron chi connectivity index (χ1n) is 29.2. The van der Waals surface area contributed by atoms with E-state index >= 15 is 0 Å². The molecule has 1 fully saturated rings. The Morgan fingerprint density at radius 1 is 0.641 bits per heavy atom. The van der Waals surface area contributed by atoms with Gasteiger partial charge >= 0.3 is 0 Å². The molecule has 8 aromatic rings. The van der Waals surface area contributed by atoms with Crippen molar-refractivity contribution in [3.8, 4) is 0 Å². The summed E-state index contributed by atoms with van der Waals surface area (Å²) in [7, 11) is 0. The number of fused-ring (bicyclic) bond motifs is 11. The van der Waals surface area contributed by atoms with Crippen molar-refractivity contribution in [1.29, 1.82) is 0 Å². The van der Waals surface area contributed by atoms with Gasteiger partial charge in [-0.1, -0.05) is 205 Å². The summed E-state index contributed by atoms with van der Waals surface area (Å²) in [5.41, 5.74) is 25.4. The third kappa shape index (κ3) is 8.03. The molecule has 3 unspecified atom stereocenters. The number of benzene rings is 7. The molecule has 0 bridgehead atoms. The maximum absolute atomic E-state index is 7.93. The number of thioether (sulfide) groups is 1. The first-order valence-corrected chi connectivity index (χ1v) is 30.0. The van der Waals surface area contributed by atoms with E-state index in [0.717, 1.165) is 36.1 Å². The van der Waals surface area contributed by atoms with Crippen LogP contribution >= 0.6 is 11.8 Å². The number of nitrogens with zero attached hydrogens (tertiary/aromatic N) is 1. The van der Waals surface area contributed by atoms with Gasteiger partial charge < -0.3 is 9.32 Å². The van der Waals surface area contributed by atoms with Gasteiger partial charge in [0.1, 0.15) is 5.58 Å². The number of allylic oxidation sites excluding steroid dienone is 1. The number of rotatable bonds is 7. The largest absolute Gasteiger partial charge is 0.470 e. The SMILES string of the molecule is C=C(c1ccccc1)C(Cc1ccccc1)c1cc2c3c(c1)N(c1ccc(C(C)(C)C)cc1)c1ccc4c(c1B3c1oc3cc5c(cc3c1C(c1ccc(C(C)(C)C)cc1)=C2)C(C)(C)CCC5(C)C)SC1(C)CCCCC41C. The lowest BCUT2D eigenvalue weighted by molar-refractivity contribution is 0.260. The average Bonchev–Trinajstić information content (AvgIpc) is 3.26. The van der Waals surface area contributed by atoms with E-state index in [1.165, 1.54) is 131 Å². The van der Waals surface area contributed by atoms with E-state index in [-0.39, 0.29) is 44.5 Å². The zero-order valence-electron chi connectivity index (χ0n) is 48.5. The van der Waals surface area contributed by atoms with Crippen molar-refractivity contribution in [3.05, 3.63) is 213 Å². The van der Waals surface area contributed by atoms with Crippen LogP contribution in [-0.2, 0) is 33.5 Å². The molecule has 4 heterocycles. The molecule has 2 aliphatic carbocycles. The van der Waals surface area contributed by atoms with Crippen molar-refractivity contribution in [3.63, 3.8) is 0 Å². The van der Waals surface area contributed by atoms with Gasteiger partial charge in [0.15, 0.2) is 0 Å². The molecule has 2 nitrogen and oxygen atoms in total. The lowest BCUT2D eigenvalue weighted by atomic mass is 9.35. The number of furan rings is 1. The van der Waals surface area contributed by atoms with E-state index in [0.29, 0.717) is 0 Å². The molecule has 0 N–H and O–H groups in total. The van der Waals surface area contributed by atoms with Crippen LogP contribution < -0.4 is 21.5 Å². The second-order valence-corrected chi connectivity index (χ2v) is 29.4. The number of hydrogen-bond donors (Lipinski definition) is 0. The molecule has 3 atom stereocenters. The van der Waals surface area contributed by atoms with Gasteiger partial charge in [-0.05, 0) is 181 Å². The van der Waals surface area contributed by atoms with Crippen molar-refractivity contribution >= 4 is 80.3 Å². The van der Waals surface area contributed by atoms with Crippen LogP contribution in [0.1, 0.15) is 189 Å². The Kier molecular flexibility index (Phi) is 11.8. The van der Waals surface area contributed by atoms with Crippen LogP contribution in [0.3, 0.4) is 0 Å². The zero-order valence-corrected chi connectivity index (χ0v) is 49.3. The summed E-state index contributed by atoms with van der Waals surface area (Å²) in [6.07, 6.45) is 10.7. The standard InChI is InChI=1S/C74H78BNOS/c1-46(48-24-18-15-19-25-48)55(40-47-22-16-14-17-23-47)50-41-51-42-56(49-26-28-52(29-27-49)69(2,3)4)64-57-44-59-60(72(10,11)39-38-71(59,8)9)45-63(57)77-68(64)75-65(51)62(43-50)76(54-32-30-53(31-33-54)70(5,6)7)61-35-34-58-67(66(61)75)78-74(13)37-21-20-36-73(58,74)12/h14-19,22-35,41-45,55H,1,20-21,36-40H2,2-13H3. The van der Waals surface area contributed by atoms with Crippen molar-refractivity contribution in [1.82, 2.24) is 0 Å². The topological polar surface area (TPSA) is 16.4 Å². The highest BCUT2D eigenvalue weighted by atomic mass is 32.2. The highest BCUT2D eigenvalue weighted by Crippen LogP contribution is 2.63. The van der Waals surface area contributed by atoms with E-state index in [2.05, 4.69) is 251 Å². The minimum atomic E-state index is -0.188. The van der Waals surface area contributed by atoms with Crippen LogP contribution in [0, 0.1) is 0 Å². The molecule has 5 aliphatic rings.